The van der Waals surface area contributed by atoms with Crippen LogP contribution in [0.25, 0.3) is 0 Å². The zero-order valence-corrected chi connectivity index (χ0v) is 14.8. The normalized spacial score (nSPS) is 10.8. The summed E-state index contributed by atoms with van der Waals surface area (Å²) in [5.41, 5.74) is -0.178. The number of aliphatic carboxylic acids is 1. The van der Waals surface area contributed by atoms with Crippen molar-refractivity contribution in [1.82, 2.24) is 5.32 Å². The molecule has 0 unspecified atom stereocenters. The van der Waals surface area contributed by atoms with Crippen LogP contribution >= 0.6 is 21.6 Å². The van der Waals surface area contributed by atoms with Gasteiger partial charge in [-0.25, -0.2) is 0 Å². The number of carboxylic acids is 1. The van der Waals surface area contributed by atoms with Crippen LogP contribution in [-0.4, -0.2) is 48.3 Å². The fourth-order valence-corrected chi connectivity index (χ4v) is 3.49. The Balaban J connectivity index is 2.56. The molecule has 0 saturated heterocycles. The summed E-state index contributed by atoms with van der Waals surface area (Å²) in [7, 11) is 2.67. The predicted molar refractivity (Wildman–Crippen MR) is 89.2 cm³/mol. The summed E-state index contributed by atoms with van der Waals surface area (Å²) in [6, 6.07) is 2.78. The highest BCUT2D eigenvalue weighted by Crippen LogP contribution is 2.26. The summed E-state index contributed by atoms with van der Waals surface area (Å²) >= 11 is 0. The van der Waals surface area contributed by atoms with E-state index in [0.29, 0.717) is 11.5 Å². The lowest BCUT2D eigenvalue weighted by Crippen LogP contribution is -2.25. The largest absolute Gasteiger partial charge is 0.481 e. The van der Waals surface area contributed by atoms with Crippen molar-refractivity contribution in [3.8, 4) is 11.5 Å². The minimum absolute atomic E-state index is 0.0217. The van der Waals surface area contributed by atoms with Gasteiger partial charge in [0.05, 0.1) is 6.42 Å². The second-order valence-electron chi connectivity index (χ2n) is 4.49. The molecule has 0 aliphatic rings. The maximum atomic E-state index is 12.3. The van der Waals surface area contributed by atoms with Gasteiger partial charge in [-0.05, 0) is 12.1 Å². The molecular formula is C14H15F4NO5S2. The number of ether oxygens (including phenoxy) is 2. The van der Waals surface area contributed by atoms with Crippen LogP contribution in [0.15, 0.2) is 18.2 Å². The van der Waals surface area contributed by atoms with Crippen molar-refractivity contribution in [2.45, 2.75) is 19.6 Å². The predicted octanol–water partition coefficient (Wildman–Crippen LogP) is 3.48. The summed E-state index contributed by atoms with van der Waals surface area (Å²) in [4.78, 5) is 22.3. The Morgan fingerprint density at radius 1 is 1.00 bits per heavy atom. The molecule has 0 atom stereocenters. The molecule has 2 N–H and O–H groups in total. The average molecular weight is 417 g/mol. The third-order valence-electron chi connectivity index (χ3n) is 2.55. The van der Waals surface area contributed by atoms with Crippen LogP contribution in [0.5, 0.6) is 11.5 Å². The first kappa shape index (κ1) is 22.2. The van der Waals surface area contributed by atoms with Crippen molar-refractivity contribution >= 4 is 33.5 Å². The third kappa shape index (κ3) is 9.61. The van der Waals surface area contributed by atoms with Crippen LogP contribution in [-0.2, 0) is 4.79 Å². The van der Waals surface area contributed by atoms with E-state index in [1.54, 1.807) is 0 Å². The van der Waals surface area contributed by atoms with Gasteiger partial charge >= 0.3 is 19.2 Å². The van der Waals surface area contributed by atoms with Gasteiger partial charge in [-0.2, -0.15) is 17.6 Å². The van der Waals surface area contributed by atoms with E-state index < -0.39 is 36.6 Å². The van der Waals surface area contributed by atoms with Crippen molar-refractivity contribution in [3.05, 3.63) is 23.8 Å². The van der Waals surface area contributed by atoms with Crippen molar-refractivity contribution in [2.75, 3.05) is 18.1 Å². The lowest BCUT2D eigenvalue weighted by atomic mass is 10.2. The number of hydrogen-bond acceptors (Lipinski definition) is 6. The molecule has 0 radical (unpaired) electrons. The molecule has 26 heavy (non-hydrogen) atoms. The Bertz CT molecular complexity index is 578. The molecule has 1 aromatic carbocycles. The molecule has 0 aliphatic heterocycles. The van der Waals surface area contributed by atoms with E-state index in [1.807, 2.05) is 0 Å². The standard InChI is InChI=1S/C14H15F4NO5S2/c15-13(16)23-9-5-8(6-10(7-9)24-14(17)18)12(22)19-2-4-26-25-3-1-11(20)21/h5-7,13-14H,1-4H2,(H,19,22)(H,20,21). The molecule has 6 nitrogen and oxygen atoms in total. The van der Waals surface area contributed by atoms with Crippen LogP contribution in [0.2, 0.25) is 0 Å². The molecule has 1 rings (SSSR count). The Kier molecular flexibility index (Phi) is 10.0. The second kappa shape index (κ2) is 11.7. The van der Waals surface area contributed by atoms with Crippen molar-refractivity contribution in [1.29, 1.82) is 0 Å². The summed E-state index contributed by atoms with van der Waals surface area (Å²) in [5, 5.41) is 11.0. The first-order chi connectivity index (χ1) is 12.3. The molecule has 0 saturated carbocycles. The molecule has 1 aromatic rings. The van der Waals surface area contributed by atoms with Crippen LogP contribution in [0.4, 0.5) is 17.6 Å². The summed E-state index contributed by atoms with van der Waals surface area (Å²) < 4.78 is 57.4. The van der Waals surface area contributed by atoms with Crippen molar-refractivity contribution in [3.63, 3.8) is 0 Å². The number of rotatable bonds is 12. The van der Waals surface area contributed by atoms with Gasteiger partial charge in [0.15, 0.2) is 0 Å². The minimum atomic E-state index is -3.19. The van der Waals surface area contributed by atoms with Gasteiger partial charge in [-0.3, -0.25) is 9.59 Å². The lowest BCUT2D eigenvalue weighted by Gasteiger charge is -2.11. The highest BCUT2D eigenvalue weighted by atomic mass is 33.1. The van der Waals surface area contributed by atoms with Crippen LogP contribution in [0, 0.1) is 0 Å². The molecular weight excluding hydrogens is 402 g/mol. The molecule has 0 fully saturated rings. The Morgan fingerprint density at radius 3 is 2.04 bits per heavy atom. The fraction of sp³-hybridized carbons (Fsp3) is 0.429. The average Bonchev–Trinajstić information content (AvgIpc) is 2.51. The Morgan fingerprint density at radius 2 is 1.54 bits per heavy atom. The SMILES string of the molecule is O=C(O)CCSSCCNC(=O)c1cc(OC(F)F)cc(OC(F)F)c1. The number of carbonyl (C=O) groups is 2. The summed E-state index contributed by atoms with van der Waals surface area (Å²) in [6.45, 7) is -6.17. The van der Waals surface area contributed by atoms with Gasteiger partial charge in [0.1, 0.15) is 11.5 Å². The minimum Gasteiger partial charge on any atom is -0.481 e. The molecule has 146 valence electrons. The van der Waals surface area contributed by atoms with Gasteiger partial charge in [0.2, 0.25) is 0 Å². The third-order valence-corrected chi connectivity index (χ3v) is 4.95. The zero-order valence-electron chi connectivity index (χ0n) is 13.1. The number of benzene rings is 1. The monoisotopic (exact) mass is 417 g/mol. The quantitative estimate of drug-likeness (QED) is 0.306. The number of nitrogens with one attached hydrogen (secondary N) is 1. The number of alkyl halides is 4. The number of halogens is 4. The molecule has 0 spiro atoms. The molecule has 0 heterocycles. The summed E-state index contributed by atoms with van der Waals surface area (Å²) in [6.07, 6.45) is 0.0217. The first-order valence-electron chi connectivity index (χ1n) is 7.07. The van der Waals surface area contributed by atoms with Crippen molar-refractivity contribution in [2.24, 2.45) is 0 Å². The van der Waals surface area contributed by atoms with E-state index in [1.165, 1.54) is 21.6 Å². The smallest absolute Gasteiger partial charge is 0.387 e. The van der Waals surface area contributed by atoms with Gasteiger partial charge in [-0.1, -0.05) is 21.6 Å². The van der Waals surface area contributed by atoms with E-state index in [4.69, 9.17) is 5.11 Å². The van der Waals surface area contributed by atoms with Gasteiger partial charge in [0.25, 0.3) is 5.91 Å². The maximum Gasteiger partial charge on any atom is 0.387 e. The van der Waals surface area contributed by atoms with Gasteiger partial charge in [-0.15, -0.1) is 0 Å². The zero-order chi connectivity index (χ0) is 19.5. The van der Waals surface area contributed by atoms with Crippen LogP contribution < -0.4 is 14.8 Å². The molecule has 12 heteroatoms. The number of carboxylic acid groups (broad SMARTS) is 1. The van der Waals surface area contributed by atoms with E-state index >= 15 is 0 Å². The Hall–Kier alpha value is -1.82. The molecule has 0 bridgehead atoms. The highest BCUT2D eigenvalue weighted by molar-refractivity contribution is 8.76. The first-order valence-corrected chi connectivity index (χ1v) is 9.56. The second-order valence-corrected chi connectivity index (χ2v) is 7.20. The maximum absolute atomic E-state index is 12.3. The Labute approximate surface area is 154 Å². The number of carbonyl (C=O) groups excluding carboxylic acids is 1. The lowest BCUT2D eigenvalue weighted by molar-refractivity contribution is -0.136. The molecule has 0 aliphatic carbocycles. The van der Waals surface area contributed by atoms with Gasteiger partial charge in [0, 0.05) is 29.7 Å². The number of hydrogen-bond donors (Lipinski definition) is 2. The highest BCUT2D eigenvalue weighted by Gasteiger charge is 2.14. The molecule has 1 amide bonds. The fourth-order valence-electron chi connectivity index (χ4n) is 1.60. The van der Waals surface area contributed by atoms with Crippen LogP contribution in [0.3, 0.4) is 0 Å². The van der Waals surface area contributed by atoms with E-state index in [9.17, 15) is 27.2 Å². The topological polar surface area (TPSA) is 84.9 Å². The van der Waals surface area contributed by atoms with E-state index in [-0.39, 0.29) is 18.5 Å². The van der Waals surface area contributed by atoms with Crippen LogP contribution in [0.1, 0.15) is 16.8 Å². The molecule has 0 aromatic heterocycles. The van der Waals surface area contributed by atoms with Crippen molar-refractivity contribution < 1.29 is 41.7 Å². The van der Waals surface area contributed by atoms with Gasteiger partial charge < -0.3 is 19.9 Å². The number of amides is 1. The van der Waals surface area contributed by atoms with E-state index in [2.05, 4.69) is 14.8 Å². The van der Waals surface area contributed by atoms with E-state index in [0.717, 1.165) is 18.2 Å². The summed E-state index contributed by atoms with van der Waals surface area (Å²) in [5.74, 6) is -1.68.